The third kappa shape index (κ3) is 8.53. The number of hydrogen-bond acceptors (Lipinski definition) is 9. The number of alkyl halides is 3. The van der Waals surface area contributed by atoms with E-state index in [0.29, 0.717) is 96.1 Å². The number of carbonyl (C=O) groups is 2. The summed E-state index contributed by atoms with van der Waals surface area (Å²) in [6.45, 7) is 5.62. The van der Waals surface area contributed by atoms with Gasteiger partial charge in [-0.15, -0.1) is 0 Å². The van der Waals surface area contributed by atoms with E-state index in [-0.39, 0.29) is 53.3 Å². The van der Waals surface area contributed by atoms with Crippen molar-refractivity contribution in [2.45, 2.75) is 56.7 Å². The third-order valence-electron chi connectivity index (χ3n) is 12.2. The summed E-state index contributed by atoms with van der Waals surface area (Å²) in [7, 11) is 1.27. The molecule has 0 unspecified atom stereocenters. The number of hydrogen-bond donors (Lipinski definition) is 0. The monoisotopic (exact) mass is 778 g/mol. The lowest BCUT2D eigenvalue weighted by molar-refractivity contribution is -0.146. The van der Waals surface area contributed by atoms with E-state index >= 15 is 0 Å². The molecule has 4 fully saturated rings. The van der Waals surface area contributed by atoms with Crippen molar-refractivity contribution in [2.75, 3.05) is 90.9 Å². The quantitative estimate of drug-likeness (QED) is 0.297. The molecule has 0 saturated carbocycles. The highest BCUT2D eigenvalue weighted by atomic mass is 32.2. The van der Waals surface area contributed by atoms with Gasteiger partial charge in [0.25, 0.3) is 0 Å². The predicted octanol–water partition coefficient (Wildman–Crippen LogP) is 4.82. The smallest absolute Gasteiger partial charge is 0.416 e. The molecule has 0 spiro atoms. The third-order valence-corrected chi connectivity index (χ3v) is 14.0. The summed E-state index contributed by atoms with van der Waals surface area (Å²) in [5.41, 5.74) is 1.50. The van der Waals surface area contributed by atoms with Gasteiger partial charge in [-0.2, -0.15) is 13.2 Å². The van der Waals surface area contributed by atoms with Crippen LogP contribution in [-0.4, -0.2) is 126 Å². The van der Waals surface area contributed by atoms with Gasteiger partial charge < -0.3 is 24.0 Å². The normalized spacial score (nSPS) is 25.3. The first-order valence-electron chi connectivity index (χ1n) is 18.9. The highest BCUT2D eigenvalue weighted by molar-refractivity contribution is 7.89. The molecule has 6 rings (SSSR count). The molecule has 0 N–H and O–H groups in total. The van der Waals surface area contributed by atoms with Gasteiger partial charge in [-0.3, -0.25) is 14.5 Å². The van der Waals surface area contributed by atoms with E-state index in [1.807, 2.05) is 34.1 Å². The highest BCUT2D eigenvalue weighted by Gasteiger charge is 2.47. The lowest BCUT2D eigenvalue weighted by atomic mass is 9.86. The summed E-state index contributed by atoms with van der Waals surface area (Å²) in [6, 6.07) is 11.8. The van der Waals surface area contributed by atoms with Crippen molar-refractivity contribution < 1.29 is 45.4 Å². The summed E-state index contributed by atoms with van der Waals surface area (Å²) in [5.74, 6) is -0.732. The first-order valence-corrected chi connectivity index (χ1v) is 20.6. The van der Waals surface area contributed by atoms with E-state index in [1.54, 1.807) is 31.5 Å². The van der Waals surface area contributed by atoms with E-state index < -0.39 is 21.8 Å². The van der Waals surface area contributed by atoms with Gasteiger partial charge in [-0.1, -0.05) is 18.2 Å². The molecule has 298 valence electrons. The Labute approximate surface area is 316 Å². The number of nitrogens with zero attached hydrogens (tertiary/aromatic N) is 4. The minimum absolute atomic E-state index is 0.000252. The molecular formula is C39H53F3N4O7S. The van der Waals surface area contributed by atoms with Gasteiger partial charge in [0, 0.05) is 89.0 Å². The lowest BCUT2D eigenvalue weighted by Crippen LogP contribution is -2.46. The molecule has 4 atom stereocenters. The molecule has 0 aromatic heterocycles. The molecule has 0 bridgehead atoms. The molecule has 54 heavy (non-hydrogen) atoms. The molecule has 4 heterocycles. The molecule has 2 aromatic rings. The Morgan fingerprint density at radius 2 is 1.54 bits per heavy atom. The Bertz CT molecular complexity index is 1730. The number of benzene rings is 2. The van der Waals surface area contributed by atoms with Gasteiger partial charge in [0.05, 0.1) is 44.0 Å². The number of likely N-dealkylation sites (tertiary alicyclic amines) is 2. The zero-order chi connectivity index (χ0) is 38.8. The standard InChI is InChI=1S/C39H53F3N4O7S/c1-5-54(49,50)46-18-14-30(15-19-46)44-22-33(26-6-9-31(52-3)10-7-26)35(24-44)37(47)45-21-28(25-51-2)34(23-45)32-11-8-29(39(40,41)42)20-36(32)43-16-12-27(13-17-43)38(48)53-4/h6-11,20,27-28,30,33-35H,5,12-19,21-25H2,1-4H3/t28-,33+,34+,35-/m1/s1. The molecule has 1 amide bonds. The fourth-order valence-corrected chi connectivity index (χ4v) is 10.2. The molecule has 15 heteroatoms. The van der Waals surface area contributed by atoms with E-state index in [0.717, 1.165) is 17.2 Å². The van der Waals surface area contributed by atoms with Crippen molar-refractivity contribution in [3.8, 4) is 5.75 Å². The van der Waals surface area contributed by atoms with Crippen LogP contribution >= 0.6 is 0 Å². The van der Waals surface area contributed by atoms with E-state index in [4.69, 9.17) is 14.2 Å². The van der Waals surface area contributed by atoms with Crippen molar-refractivity contribution in [2.24, 2.45) is 17.8 Å². The van der Waals surface area contributed by atoms with E-state index in [2.05, 4.69) is 4.90 Å². The molecular weight excluding hydrogens is 726 g/mol. The van der Waals surface area contributed by atoms with E-state index in [1.165, 1.54) is 13.2 Å². The van der Waals surface area contributed by atoms with Crippen LogP contribution in [0.5, 0.6) is 5.75 Å². The number of carbonyl (C=O) groups excluding carboxylic acids is 2. The summed E-state index contributed by atoms with van der Waals surface area (Å²) < 4.78 is 84.9. The number of rotatable bonds is 11. The fourth-order valence-electron chi connectivity index (χ4n) is 9.09. The summed E-state index contributed by atoms with van der Waals surface area (Å²) in [6.07, 6.45) is -2.22. The average Bonchev–Trinajstić information content (AvgIpc) is 3.82. The van der Waals surface area contributed by atoms with Crippen LogP contribution in [0.1, 0.15) is 61.1 Å². The number of sulfonamides is 1. The minimum Gasteiger partial charge on any atom is -0.497 e. The number of ether oxygens (including phenoxy) is 3. The average molecular weight is 779 g/mol. The van der Waals surface area contributed by atoms with Crippen molar-refractivity contribution >= 4 is 27.6 Å². The van der Waals surface area contributed by atoms with Crippen LogP contribution < -0.4 is 9.64 Å². The van der Waals surface area contributed by atoms with Gasteiger partial charge in [0.15, 0.2) is 0 Å². The Morgan fingerprint density at radius 3 is 2.13 bits per heavy atom. The highest BCUT2D eigenvalue weighted by Crippen LogP contribution is 2.44. The second-order valence-corrected chi connectivity index (χ2v) is 17.3. The molecule has 4 aliphatic rings. The van der Waals surface area contributed by atoms with Crippen LogP contribution in [0.2, 0.25) is 0 Å². The number of methoxy groups -OCH3 is 3. The number of halogens is 3. The summed E-state index contributed by atoms with van der Waals surface area (Å²) in [4.78, 5) is 33.2. The van der Waals surface area contributed by atoms with Crippen LogP contribution in [0.15, 0.2) is 42.5 Å². The summed E-state index contributed by atoms with van der Waals surface area (Å²) in [5, 5.41) is 0. The second-order valence-electron chi connectivity index (χ2n) is 15.1. The number of piperidine rings is 2. The maximum atomic E-state index is 14.8. The van der Waals surface area contributed by atoms with Crippen molar-refractivity contribution in [1.29, 1.82) is 0 Å². The van der Waals surface area contributed by atoms with Gasteiger partial charge in [0.1, 0.15) is 5.75 Å². The molecule has 0 radical (unpaired) electrons. The largest absolute Gasteiger partial charge is 0.497 e. The van der Waals surface area contributed by atoms with Crippen molar-refractivity contribution in [3.63, 3.8) is 0 Å². The molecule has 0 aliphatic carbocycles. The topological polar surface area (TPSA) is 109 Å². The number of amides is 1. The zero-order valence-corrected chi connectivity index (χ0v) is 32.4. The fraction of sp³-hybridized carbons (Fsp3) is 0.641. The number of anilines is 1. The van der Waals surface area contributed by atoms with Crippen LogP contribution in [0, 0.1) is 17.8 Å². The van der Waals surface area contributed by atoms with Crippen LogP contribution in [0.4, 0.5) is 18.9 Å². The first-order chi connectivity index (χ1) is 25.8. The molecule has 11 nitrogen and oxygen atoms in total. The Morgan fingerprint density at radius 1 is 0.852 bits per heavy atom. The summed E-state index contributed by atoms with van der Waals surface area (Å²) >= 11 is 0. The SMILES string of the molecule is CCS(=O)(=O)N1CCC(N2C[C@@H](C(=O)N3C[C@H](COC)[C@@H](c4ccc(C(F)(F)F)cc4N4CCC(C(=O)OC)CC4)C3)[C@H](c3ccc(OC)cc3)C2)CC1. The molecule has 4 aliphatic heterocycles. The maximum Gasteiger partial charge on any atom is 0.416 e. The second kappa shape index (κ2) is 16.8. The van der Waals surface area contributed by atoms with Crippen LogP contribution in [0.3, 0.4) is 0 Å². The van der Waals surface area contributed by atoms with Gasteiger partial charge in [-0.05, 0) is 68.0 Å². The molecule has 4 saturated heterocycles. The van der Waals surface area contributed by atoms with Gasteiger partial charge >= 0.3 is 12.1 Å². The Kier molecular flexibility index (Phi) is 12.5. The first kappa shape index (κ1) is 40.3. The Hall–Kier alpha value is -3.40. The van der Waals surface area contributed by atoms with Crippen molar-refractivity contribution in [1.82, 2.24) is 14.1 Å². The number of esters is 1. The van der Waals surface area contributed by atoms with Gasteiger partial charge in [-0.25, -0.2) is 12.7 Å². The molecule has 2 aromatic carbocycles. The lowest BCUT2D eigenvalue weighted by Gasteiger charge is -2.36. The Balaban J connectivity index is 1.26. The predicted molar refractivity (Wildman–Crippen MR) is 198 cm³/mol. The maximum absolute atomic E-state index is 14.8. The zero-order valence-electron chi connectivity index (χ0n) is 31.6. The van der Waals surface area contributed by atoms with Crippen LogP contribution in [0.25, 0.3) is 0 Å². The minimum atomic E-state index is -4.53. The van der Waals surface area contributed by atoms with Gasteiger partial charge in [0.2, 0.25) is 15.9 Å². The van der Waals surface area contributed by atoms with Crippen LogP contribution in [-0.2, 0) is 35.3 Å². The van der Waals surface area contributed by atoms with Crippen molar-refractivity contribution in [3.05, 3.63) is 59.2 Å². The van der Waals surface area contributed by atoms with E-state index in [9.17, 15) is 31.2 Å².